The molecule has 130 valence electrons. The van der Waals surface area contributed by atoms with Gasteiger partial charge in [-0.3, -0.25) is 4.79 Å². The third-order valence-corrected chi connectivity index (χ3v) is 5.34. The van der Waals surface area contributed by atoms with Crippen LogP contribution in [0.4, 0.5) is 5.82 Å². The fourth-order valence-corrected chi connectivity index (χ4v) is 3.84. The van der Waals surface area contributed by atoms with Gasteiger partial charge in [-0.2, -0.15) is 0 Å². The van der Waals surface area contributed by atoms with Crippen molar-refractivity contribution in [1.82, 2.24) is 15.1 Å². The number of hydrogen-bond donors (Lipinski definition) is 0. The molecule has 2 fully saturated rings. The minimum absolute atomic E-state index is 0.275. The van der Waals surface area contributed by atoms with Crippen LogP contribution in [0.1, 0.15) is 25.7 Å². The molecule has 2 heterocycles. The molecule has 5 heteroatoms. The molecule has 25 heavy (non-hydrogen) atoms. The lowest BCUT2D eigenvalue weighted by molar-refractivity contribution is -0.135. The average Bonchev–Trinajstić information content (AvgIpc) is 3.23. The third kappa shape index (κ3) is 3.50. The fraction of sp³-hybridized carbons (Fsp3) is 0.450. The summed E-state index contributed by atoms with van der Waals surface area (Å²) < 4.78 is 0. The van der Waals surface area contributed by atoms with E-state index >= 15 is 0 Å². The molecule has 0 atom stereocenters. The number of piperazine rings is 1. The molecule has 0 N–H and O–H groups in total. The van der Waals surface area contributed by atoms with E-state index in [9.17, 15) is 4.79 Å². The van der Waals surface area contributed by atoms with Crippen LogP contribution in [0.3, 0.4) is 0 Å². The summed E-state index contributed by atoms with van der Waals surface area (Å²) >= 11 is 0. The van der Waals surface area contributed by atoms with Crippen molar-refractivity contribution in [2.45, 2.75) is 25.7 Å². The predicted octanol–water partition coefficient (Wildman–Crippen LogP) is 2.98. The third-order valence-electron chi connectivity index (χ3n) is 5.34. The molecular weight excluding hydrogens is 312 g/mol. The van der Waals surface area contributed by atoms with Crippen LogP contribution in [-0.4, -0.2) is 47.2 Å². The number of nitrogens with zero attached hydrogens (tertiary/aromatic N) is 4. The monoisotopic (exact) mass is 336 g/mol. The summed E-state index contributed by atoms with van der Waals surface area (Å²) in [7, 11) is 0. The Hall–Kier alpha value is -2.43. The zero-order chi connectivity index (χ0) is 17.1. The normalized spacial score (nSPS) is 18.6. The van der Waals surface area contributed by atoms with Crippen molar-refractivity contribution in [2.24, 2.45) is 5.92 Å². The van der Waals surface area contributed by atoms with Crippen LogP contribution in [0.25, 0.3) is 11.3 Å². The smallest absolute Gasteiger partial charge is 0.225 e. The van der Waals surface area contributed by atoms with Gasteiger partial charge in [0.05, 0.1) is 5.69 Å². The SMILES string of the molecule is O=C(C1CCCC1)N1CCN(c2ccc(-c3ccccc3)nn2)CC1. The van der Waals surface area contributed by atoms with E-state index in [-0.39, 0.29) is 5.92 Å². The van der Waals surface area contributed by atoms with E-state index in [2.05, 4.69) is 15.1 Å². The summed E-state index contributed by atoms with van der Waals surface area (Å²) in [6, 6.07) is 14.1. The molecule has 0 bridgehead atoms. The van der Waals surface area contributed by atoms with Crippen molar-refractivity contribution in [3.8, 4) is 11.3 Å². The molecule has 1 aromatic carbocycles. The standard InChI is InChI=1S/C20H24N4O/c25-20(17-8-4-5-9-17)24-14-12-23(13-15-24)19-11-10-18(21-22-19)16-6-2-1-3-7-16/h1-3,6-7,10-11,17H,4-5,8-9,12-15H2. The minimum Gasteiger partial charge on any atom is -0.352 e. The maximum Gasteiger partial charge on any atom is 0.225 e. The first-order valence-corrected chi connectivity index (χ1v) is 9.24. The molecule has 4 rings (SSSR count). The molecule has 1 amide bonds. The number of amides is 1. The van der Waals surface area contributed by atoms with Crippen molar-refractivity contribution in [2.75, 3.05) is 31.1 Å². The molecule has 1 aromatic heterocycles. The quantitative estimate of drug-likeness (QED) is 0.865. The number of rotatable bonds is 3. The van der Waals surface area contributed by atoms with E-state index in [1.165, 1.54) is 12.8 Å². The summed E-state index contributed by atoms with van der Waals surface area (Å²) in [6.45, 7) is 3.24. The minimum atomic E-state index is 0.275. The van der Waals surface area contributed by atoms with E-state index in [4.69, 9.17) is 0 Å². The van der Waals surface area contributed by atoms with E-state index in [0.29, 0.717) is 5.91 Å². The van der Waals surface area contributed by atoms with Crippen molar-refractivity contribution < 1.29 is 4.79 Å². The molecule has 1 saturated heterocycles. The zero-order valence-electron chi connectivity index (χ0n) is 14.5. The second-order valence-electron chi connectivity index (χ2n) is 6.94. The first kappa shape index (κ1) is 16.1. The van der Waals surface area contributed by atoms with E-state index in [0.717, 1.165) is 56.1 Å². The molecule has 0 unspecified atom stereocenters. The van der Waals surface area contributed by atoms with E-state index < -0.39 is 0 Å². The Bertz CT molecular complexity index is 702. The van der Waals surface area contributed by atoms with Gasteiger partial charge in [-0.25, -0.2) is 0 Å². The van der Waals surface area contributed by atoms with E-state index in [1.54, 1.807) is 0 Å². The second-order valence-corrected chi connectivity index (χ2v) is 6.94. The van der Waals surface area contributed by atoms with Crippen molar-refractivity contribution >= 4 is 11.7 Å². The van der Waals surface area contributed by atoms with Gasteiger partial charge in [0.2, 0.25) is 5.91 Å². The van der Waals surface area contributed by atoms with Crippen molar-refractivity contribution in [1.29, 1.82) is 0 Å². The van der Waals surface area contributed by atoms with Gasteiger partial charge in [0, 0.05) is 37.7 Å². The van der Waals surface area contributed by atoms with Crippen molar-refractivity contribution in [3.63, 3.8) is 0 Å². The summed E-state index contributed by atoms with van der Waals surface area (Å²) in [6.07, 6.45) is 4.57. The van der Waals surface area contributed by atoms with Crippen LogP contribution >= 0.6 is 0 Å². The Kier molecular flexibility index (Phi) is 4.63. The molecule has 0 spiro atoms. The van der Waals surface area contributed by atoms with Crippen LogP contribution in [-0.2, 0) is 4.79 Å². The highest BCUT2D eigenvalue weighted by Crippen LogP contribution is 2.27. The summed E-state index contributed by atoms with van der Waals surface area (Å²) in [5.41, 5.74) is 1.97. The summed E-state index contributed by atoms with van der Waals surface area (Å²) in [5, 5.41) is 8.77. The Morgan fingerprint density at radius 1 is 0.880 bits per heavy atom. The number of benzene rings is 1. The Morgan fingerprint density at radius 2 is 1.60 bits per heavy atom. The van der Waals surface area contributed by atoms with Gasteiger partial charge >= 0.3 is 0 Å². The molecule has 2 aliphatic rings. The lowest BCUT2D eigenvalue weighted by atomic mass is 10.1. The first-order chi connectivity index (χ1) is 12.3. The topological polar surface area (TPSA) is 49.3 Å². The summed E-state index contributed by atoms with van der Waals surface area (Å²) in [4.78, 5) is 16.8. The average molecular weight is 336 g/mol. The Labute approximate surface area is 148 Å². The van der Waals surface area contributed by atoms with Gasteiger partial charge in [0.1, 0.15) is 0 Å². The number of carbonyl (C=O) groups is 1. The number of carbonyl (C=O) groups excluding carboxylic acids is 1. The van der Waals surface area contributed by atoms with Gasteiger partial charge in [-0.15, -0.1) is 10.2 Å². The maximum absolute atomic E-state index is 12.5. The molecular formula is C20H24N4O. The fourth-order valence-electron chi connectivity index (χ4n) is 3.84. The lowest BCUT2D eigenvalue weighted by Gasteiger charge is -2.36. The largest absolute Gasteiger partial charge is 0.352 e. The summed E-state index contributed by atoms with van der Waals surface area (Å²) in [5.74, 6) is 1.53. The molecule has 1 aliphatic heterocycles. The lowest BCUT2D eigenvalue weighted by Crippen LogP contribution is -2.50. The molecule has 1 aliphatic carbocycles. The predicted molar refractivity (Wildman–Crippen MR) is 98.2 cm³/mol. The highest BCUT2D eigenvalue weighted by atomic mass is 16.2. The van der Waals surface area contributed by atoms with Gasteiger partial charge in [-0.05, 0) is 25.0 Å². The van der Waals surface area contributed by atoms with Crippen molar-refractivity contribution in [3.05, 3.63) is 42.5 Å². The zero-order valence-corrected chi connectivity index (χ0v) is 14.5. The van der Waals surface area contributed by atoms with Gasteiger partial charge in [-0.1, -0.05) is 43.2 Å². The highest BCUT2D eigenvalue weighted by molar-refractivity contribution is 5.79. The second kappa shape index (κ2) is 7.21. The Balaban J connectivity index is 1.37. The van der Waals surface area contributed by atoms with Gasteiger partial charge in [0.15, 0.2) is 5.82 Å². The molecule has 5 nitrogen and oxygen atoms in total. The van der Waals surface area contributed by atoms with Crippen LogP contribution in [0.15, 0.2) is 42.5 Å². The van der Waals surface area contributed by atoms with Crippen LogP contribution < -0.4 is 4.90 Å². The molecule has 0 radical (unpaired) electrons. The van der Waals surface area contributed by atoms with Gasteiger partial charge < -0.3 is 9.80 Å². The maximum atomic E-state index is 12.5. The van der Waals surface area contributed by atoms with E-state index in [1.807, 2.05) is 47.4 Å². The Morgan fingerprint density at radius 3 is 2.24 bits per heavy atom. The molecule has 2 aromatic rings. The van der Waals surface area contributed by atoms with Gasteiger partial charge in [0.25, 0.3) is 0 Å². The van der Waals surface area contributed by atoms with Crippen LogP contribution in [0.2, 0.25) is 0 Å². The van der Waals surface area contributed by atoms with Crippen LogP contribution in [0.5, 0.6) is 0 Å². The number of hydrogen-bond acceptors (Lipinski definition) is 4. The first-order valence-electron chi connectivity index (χ1n) is 9.24. The highest BCUT2D eigenvalue weighted by Gasteiger charge is 2.29. The molecule has 1 saturated carbocycles. The van der Waals surface area contributed by atoms with Crippen LogP contribution in [0, 0.1) is 5.92 Å². The number of anilines is 1. The number of aromatic nitrogens is 2.